The number of hydrogen-bond acceptors (Lipinski definition) is 4. The van der Waals surface area contributed by atoms with Gasteiger partial charge in [0.1, 0.15) is 0 Å². The lowest BCUT2D eigenvalue weighted by molar-refractivity contribution is 0.0383. The van der Waals surface area contributed by atoms with Crippen molar-refractivity contribution in [2.45, 2.75) is 77.8 Å². The standard InChI is InChI=1S/C29H47N5O3/c1-5-12-34(21-22-10-13-32(14-11-22)28(36)33-15-17-37-18-16-33)26-9-7-23-6-8-25(19-24(23)20-26)30-27(35)31-29(2,3)4/h6,8,19,22,26H,5,7,9-18,20-21H2,1-4H3,(H2,30,31,35). The molecule has 1 unspecified atom stereocenters. The van der Waals surface area contributed by atoms with E-state index in [0.717, 1.165) is 64.0 Å². The van der Waals surface area contributed by atoms with Gasteiger partial charge in [-0.1, -0.05) is 13.0 Å². The Hall–Kier alpha value is -2.32. The van der Waals surface area contributed by atoms with E-state index in [0.29, 0.717) is 38.3 Å². The number of anilines is 1. The smallest absolute Gasteiger partial charge is 0.320 e. The van der Waals surface area contributed by atoms with Crippen molar-refractivity contribution in [2.75, 3.05) is 57.8 Å². The van der Waals surface area contributed by atoms with Crippen molar-refractivity contribution in [1.82, 2.24) is 20.0 Å². The van der Waals surface area contributed by atoms with Gasteiger partial charge in [0.25, 0.3) is 0 Å². The lowest BCUT2D eigenvalue weighted by Crippen LogP contribution is -2.51. The maximum Gasteiger partial charge on any atom is 0.320 e. The van der Waals surface area contributed by atoms with E-state index >= 15 is 0 Å². The summed E-state index contributed by atoms with van der Waals surface area (Å²) in [5.74, 6) is 0.635. The average Bonchev–Trinajstić information content (AvgIpc) is 2.87. The van der Waals surface area contributed by atoms with Crippen LogP contribution in [0.2, 0.25) is 0 Å². The number of benzene rings is 1. The van der Waals surface area contributed by atoms with E-state index in [9.17, 15) is 9.59 Å². The highest BCUT2D eigenvalue weighted by molar-refractivity contribution is 5.89. The number of hydrogen-bond donors (Lipinski definition) is 2. The first-order valence-electron chi connectivity index (χ1n) is 14.3. The number of likely N-dealkylation sites (tertiary alicyclic amines) is 1. The zero-order valence-electron chi connectivity index (χ0n) is 23.4. The summed E-state index contributed by atoms with van der Waals surface area (Å²) < 4.78 is 5.40. The Balaban J connectivity index is 1.32. The van der Waals surface area contributed by atoms with Gasteiger partial charge >= 0.3 is 12.1 Å². The zero-order valence-corrected chi connectivity index (χ0v) is 23.4. The minimum atomic E-state index is -0.268. The van der Waals surface area contributed by atoms with E-state index in [1.54, 1.807) is 0 Å². The van der Waals surface area contributed by atoms with Crippen molar-refractivity contribution >= 4 is 17.7 Å². The third kappa shape index (κ3) is 7.84. The van der Waals surface area contributed by atoms with Gasteiger partial charge in [0, 0.05) is 50.0 Å². The lowest BCUT2D eigenvalue weighted by atomic mass is 9.86. The Kier molecular flexibility index (Phi) is 9.35. The molecule has 2 aliphatic heterocycles. The average molecular weight is 514 g/mol. The summed E-state index contributed by atoms with van der Waals surface area (Å²) in [6, 6.07) is 6.94. The molecule has 1 atom stereocenters. The molecule has 206 valence electrons. The maximum absolute atomic E-state index is 12.9. The second-order valence-electron chi connectivity index (χ2n) is 12.0. The maximum atomic E-state index is 12.9. The summed E-state index contributed by atoms with van der Waals surface area (Å²) in [4.78, 5) is 31.9. The summed E-state index contributed by atoms with van der Waals surface area (Å²) in [5.41, 5.74) is 3.36. The van der Waals surface area contributed by atoms with Crippen LogP contribution in [0.25, 0.3) is 0 Å². The number of aryl methyl sites for hydroxylation is 1. The molecule has 3 aliphatic rings. The quantitative estimate of drug-likeness (QED) is 0.593. The summed E-state index contributed by atoms with van der Waals surface area (Å²) in [5, 5.41) is 5.99. The molecule has 37 heavy (non-hydrogen) atoms. The molecule has 4 amide bonds. The number of nitrogens with zero attached hydrogens (tertiary/aromatic N) is 3. The van der Waals surface area contributed by atoms with Crippen LogP contribution in [-0.4, -0.2) is 90.8 Å². The lowest BCUT2D eigenvalue weighted by Gasteiger charge is -2.41. The Bertz CT molecular complexity index is 917. The Morgan fingerprint density at radius 3 is 2.41 bits per heavy atom. The highest BCUT2D eigenvalue weighted by Crippen LogP contribution is 2.29. The van der Waals surface area contributed by atoms with Gasteiger partial charge in [0.15, 0.2) is 0 Å². The molecule has 8 heteroatoms. The van der Waals surface area contributed by atoms with Crippen LogP contribution in [0.1, 0.15) is 64.5 Å². The first kappa shape index (κ1) is 27.7. The summed E-state index contributed by atoms with van der Waals surface area (Å²) >= 11 is 0. The van der Waals surface area contributed by atoms with Crippen LogP contribution in [-0.2, 0) is 17.6 Å². The van der Waals surface area contributed by atoms with Crippen LogP contribution < -0.4 is 10.6 Å². The van der Waals surface area contributed by atoms with Crippen molar-refractivity contribution in [1.29, 1.82) is 0 Å². The van der Waals surface area contributed by atoms with Crippen LogP contribution in [0.15, 0.2) is 18.2 Å². The molecule has 0 radical (unpaired) electrons. The molecule has 4 rings (SSSR count). The van der Waals surface area contributed by atoms with E-state index < -0.39 is 0 Å². The van der Waals surface area contributed by atoms with Crippen LogP contribution >= 0.6 is 0 Å². The Labute approximate surface area is 223 Å². The first-order chi connectivity index (χ1) is 17.7. The number of nitrogens with one attached hydrogen (secondary N) is 2. The second-order valence-corrected chi connectivity index (χ2v) is 12.0. The second kappa shape index (κ2) is 12.5. The summed E-state index contributed by atoms with van der Waals surface area (Å²) in [6.07, 6.45) is 6.60. The van der Waals surface area contributed by atoms with Gasteiger partial charge in [-0.2, -0.15) is 0 Å². The van der Waals surface area contributed by atoms with E-state index in [4.69, 9.17) is 4.74 Å². The molecule has 0 saturated carbocycles. The van der Waals surface area contributed by atoms with Crippen molar-refractivity contribution in [3.63, 3.8) is 0 Å². The van der Waals surface area contributed by atoms with E-state index in [1.807, 2.05) is 36.6 Å². The third-order valence-corrected chi connectivity index (χ3v) is 7.84. The van der Waals surface area contributed by atoms with Crippen molar-refractivity contribution < 1.29 is 14.3 Å². The molecule has 0 spiro atoms. The van der Waals surface area contributed by atoms with Gasteiger partial charge < -0.3 is 25.2 Å². The number of amides is 4. The van der Waals surface area contributed by atoms with Crippen molar-refractivity contribution in [3.8, 4) is 0 Å². The predicted molar refractivity (Wildman–Crippen MR) is 148 cm³/mol. The van der Waals surface area contributed by atoms with E-state index in [1.165, 1.54) is 17.5 Å². The number of fused-ring (bicyclic) bond motifs is 1. The van der Waals surface area contributed by atoms with Gasteiger partial charge in [0.2, 0.25) is 0 Å². The molecule has 0 aromatic heterocycles. The Morgan fingerprint density at radius 1 is 1.03 bits per heavy atom. The van der Waals surface area contributed by atoms with Crippen LogP contribution in [0, 0.1) is 5.92 Å². The van der Waals surface area contributed by atoms with Gasteiger partial charge in [0.05, 0.1) is 13.2 Å². The fraction of sp³-hybridized carbons (Fsp3) is 0.724. The van der Waals surface area contributed by atoms with Crippen LogP contribution in [0.3, 0.4) is 0 Å². The molecule has 2 fully saturated rings. The van der Waals surface area contributed by atoms with Crippen molar-refractivity contribution in [3.05, 3.63) is 29.3 Å². The fourth-order valence-corrected chi connectivity index (χ4v) is 5.93. The normalized spacial score (nSPS) is 21.1. The first-order valence-corrected chi connectivity index (χ1v) is 14.3. The van der Waals surface area contributed by atoms with Gasteiger partial charge in [-0.15, -0.1) is 0 Å². The number of rotatable bonds is 6. The minimum absolute atomic E-state index is 0.161. The number of ether oxygens (including phenoxy) is 1. The fourth-order valence-electron chi connectivity index (χ4n) is 5.93. The molecular weight excluding hydrogens is 466 g/mol. The number of piperidine rings is 1. The third-order valence-electron chi connectivity index (χ3n) is 7.84. The number of urea groups is 2. The molecule has 1 aromatic carbocycles. The number of morpholine rings is 1. The highest BCUT2D eigenvalue weighted by Gasteiger charge is 2.30. The largest absolute Gasteiger partial charge is 0.378 e. The molecule has 2 N–H and O–H groups in total. The van der Waals surface area contributed by atoms with E-state index in [-0.39, 0.29) is 17.6 Å². The van der Waals surface area contributed by atoms with Crippen LogP contribution in [0.5, 0.6) is 0 Å². The molecular formula is C29H47N5O3. The molecule has 2 saturated heterocycles. The molecule has 0 bridgehead atoms. The minimum Gasteiger partial charge on any atom is -0.378 e. The van der Waals surface area contributed by atoms with Crippen molar-refractivity contribution in [2.24, 2.45) is 5.92 Å². The molecule has 2 heterocycles. The predicted octanol–water partition coefficient (Wildman–Crippen LogP) is 4.34. The molecule has 1 aromatic rings. The molecule has 1 aliphatic carbocycles. The number of carbonyl (C=O) groups is 2. The Morgan fingerprint density at radius 2 is 1.73 bits per heavy atom. The van der Waals surface area contributed by atoms with Crippen LogP contribution in [0.4, 0.5) is 15.3 Å². The summed E-state index contributed by atoms with van der Waals surface area (Å²) in [6.45, 7) is 14.9. The highest BCUT2D eigenvalue weighted by atomic mass is 16.5. The van der Waals surface area contributed by atoms with Gasteiger partial charge in [-0.25, -0.2) is 9.59 Å². The van der Waals surface area contributed by atoms with Gasteiger partial charge in [-0.3, -0.25) is 4.90 Å². The van der Waals surface area contributed by atoms with E-state index in [2.05, 4.69) is 34.6 Å². The molecule has 8 nitrogen and oxygen atoms in total. The topological polar surface area (TPSA) is 77.2 Å². The van der Waals surface area contributed by atoms with Gasteiger partial charge in [-0.05, 0) is 95.0 Å². The monoisotopic (exact) mass is 513 g/mol. The summed E-state index contributed by atoms with van der Waals surface area (Å²) in [7, 11) is 0. The zero-order chi connectivity index (χ0) is 26.4. The SMILES string of the molecule is CCCN(CC1CCN(C(=O)N2CCOCC2)CC1)C1CCc2ccc(NC(=O)NC(C)(C)C)cc2C1. The number of carbonyl (C=O) groups excluding carboxylic acids is 2.